The van der Waals surface area contributed by atoms with E-state index in [1.54, 1.807) is 0 Å². The van der Waals surface area contributed by atoms with Gasteiger partial charge in [-0.05, 0) is 24.6 Å². The number of ether oxygens (including phenoxy) is 1. The first-order chi connectivity index (χ1) is 9.35. The molecule has 1 aromatic carbocycles. The Bertz CT molecular complexity index is 381. The van der Waals surface area contributed by atoms with Crippen molar-refractivity contribution in [2.45, 2.75) is 26.3 Å². The molecule has 1 aliphatic rings. The van der Waals surface area contributed by atoms with Gasteiger partial charge in [0, 0.05) is 38.7 Å². The minimum absolute atomic E-state index is 0.603. The lowest BCUT2D eigenvalue weighted by Crippen LogP contribution is -2.38. The lowest BCUT2D eigenvalue weighted by molar-refractivity contribution is 0.112. The monoisotopic (exact) mass is 262 g/mol. The summed E-state index contributed by atoms with van der Waals surface area (Å²) in [4.78, 5) is 2.49. The maximum Gasteiger partial charge on any atom is 0.0593 e. The number of nitrogens with zero attached hydrogens (tertiary/aromatic N) is 1. The Balaban J connectivity index is 1.94. The lowest BCUT2D eigenvalue weighted by Gasteiger charge is -2.31. The second kappa shape index (κ2) is 7.63. The average Bonchev–Trinajstić information content (AvgIpc) is 2.46. The Morgan fingerprint density at radius 2 is 2.16 bits per heavy atom. The SMILES string of the molecule is CCOCCN(CC)CC1CNCc2ccccc21. The molecule has 1 aromatic rings. The highest BCUT2D eigenvalue weighted by atomic mass is 16.5. The van der Waals surface area contributed by atoms with Crippen molar-refractivity contribution >= 4 is 0 Å². The smallest absolute Gasteiger partial charge is 0.0593 e. The number of hydrogen-bond acceptors (Lipinski definition) is 3. The fourth-order valence-electron chi connectivity index (χ4n) is 2.78. The molecule has 3 heteroatoms. The molecule has 0 bridgehead atoms. The number of likely N-dealkylation sites (N-methyl/N-ethyl adjacent to an activating group) is 1. The number of fused-ring (bicyclic) bond motifs is 1. The molecule has 0 saturated heterocycles. The van der Waals surface area contributed by atoms with E-state index in [1.165, 1.54) is 11.1 Å². The predicted octanol–water partition coefficient (Wildman–Crippen LogP) is 2.23. The summed E-state index contributed by atoms with van der Waals surface area (Å²) in [7, 11) is 0. The summed E-state index contributed by atoms with van der Waals surface area (Å²) in [6, 6.07) is 8.82. The van der Waals surface area contributed by atoms with Crippen LogP contribution in [0.25, 0.3) is 0 Å². The number of benzene rings is 1. The number of hydrogen-bond donors (Lipinski definition) is 1. The summed E-state index contributed by atoms with van der Waals surface area (Å²) < 4.78 is 5.47. The van der Waals surface area contributed by atoms with E-state index in [9.17, 15) is 0 Å². The summed E-state index contributed by atoms with van der Waals surface area (Å²) in [5.41, 5.74) is 2.98. The highest BCUT2D eigenvalue weighted by Crippen LogP contribution is 2.24. The van der Waals surface area contributed by atoms with E-state index in [0.717, 1.165) is 45.9 Å². The van der Waals surface area contributed by atoms with Gasteiger partial charge in [0.15, 0.2) is 0 Å². The van der Waals surface area contributed by atoms with Crippen LogP contribution in [0.5, 0.6) is 0 Å². The zero-order valence-corrected chi connectivity index (χ0v) is 12.2. The van der Waals surface area contributed by atoms with Gasteiger partial charge < -0.3 is 15.0 Å². The van der Waals surface area contributed by atoms with Gasteiger partial charge in [0.1, 0.15) is 0 Å². The highest BCUT2D eigenvalue weighted by molar-refractivity contribution is 5.32. The van der Waals surface area contributed by atoms with Crippen LogP contribution in [-0.2, 0) is 11.3 Å². The molecule has 0 amide bonds. The summed E-state index contributed by atoms with van der Waals surface area (Å²) in [5.74, 6) is 0.603. The summed E-state index contributed by atoms with van der Waals surface area (Å²) >= 11 is 0. The molecule has 3 nitrogen and oxygen atoms in total. The predicted molar refractivity (Wildman–Crippen MR) is 79.5 cm³/mol. The van der Waals surface area contributed by atoms with Crippen LogP contribution in [0.1, 0.15) is 30.9 Å². The highest BCUT2D eigenvalue weighted by Gasteiger charge is 2.21. The second-order valence-electron chi connectivity index (χ2n) is 5.12. The van der Waals surface area contributed by atoms with Crippen molar-refractivity contribution in [3.05, 3.63) is 35.4 Å². The Morgan fingerprint density at radius 3 is 2.95 bits per heavy atom. The number of nitrogens with one attached hydrogen (secondary N) is 1. The molecule has 0 aromatic heterocycles. The van der Waals surface area contributed by atoms with E-state index in [2.05, 4.69) is 48.3 Å². The molecule has 0 saturated carbocycles. The van der Waals surface area contributed by atoms with E-state index in [4.69, 9.17) is 4.74 Å². The topological polar surface area (TPSA) is 24.5 Å². The summed E-state index contributed by atoms with van der Waals surface area (Å²) in [6.07, 6.45) is 0. The molecule has 1 N–H and O–H groups in total. The normalized spacial score (nSPS) is 18.6. The first-order valence-corrected chi connectivity index (χ1v) is 7.43. The fourth-order valence-corrected chi connectivity index (χ4v) is 2.78. The first-order valence-electron chi connectivity index (χ1n) is 7.43. The molecule has 0 fully saturated rings. The summed E-state index contributed by atoms with van der Waals surface area (Å²) in [5, 5.41) is 3.53. The van der Waals surface area contributed by atoms with Crippen molar-refractivity contribution in [1.82, 2.24) is 10.2 Å². The van der Waals surface area contributed by atoms with Crippen molar-refractivity contribution in [1.29, 1.82) is 0 Å². The fraction of sp³-hybridized carbons (Fsp3) is 0.625. The third-order valence-corrected chi connectivity index (χ3v) is 3.88. The van der Waals surface area contributed by atoms with Gasteiger partial charge in [-0.3, -0.25) is 0 Å². The van der Waals surface area contributed by atoms with Crippen LogP contribution in [0.2, 0.25) is 0 Å². The maximum atomic E-state index is 5.47. The van der Waals surface area contributed by atoms with E-state index >= 15 is 0 Å². The van der Waals surface area contributed by atoms with Gasteiger partial charge in [0.2, 0.25) is 0 Å². The van der Waals surface area contributed by atoms with Crippen molar-refractivity contribution in [3.63, 3.8) is 0 Å². The quantitative estimate of drug-likeness (QED) is 0.763. The van der Waals surface area contributed by atoms with E-state index in [0.29, 0.717) is 5.92 Å². The molecule has 1 heterocycles. The zero-order valence-electron chi connectivity index (χ0n) is 12.2. The largest absolute Gasteiger partial charge is 0.380 e. The Hall–Kier alpha value is -0.900. The molecule has 19 heavy (non-hydrogen) atoms. The van der Waals surface area contributed by atoms with Crippen molar-refractivity contribution < 1.29 is 4.74 Å². The van der Waals surface area contributed by atoms with Gasteiger partial charge in [-0.15, -0.1) is 0 Å². The van der Waals surface area contributed by atoms with Crippen LogP contribution >= 0.6 is 0 Å². The standard InChI is InChI=1S/C16H26N2O/c1-3-18(9-10-19-4-2)13-15-12-17-11-14-7-5-6-8-16(14)15/h5-8,15,17H,3-4,9-13H2,1-2H3. The molecule has 1 aliphatic heterocycles. The van der Waals surface area contributed by atoms with Gasteiger partial charge in [0.25, 0.3) is 0 Å². The third-order valence-electron chi connectivity index (χ3n) is 3.88. The van der Waals surface area contributed by atoms with E-state index in [-0.39, 0.29) is 0 Å². The summed E-state index contributed by atoms with van der Waals surface area (Å²) in [6.45, 7) is 11.3. The minimum atomic E-state index is 0.603. The van der Waals surface area contributed by atoms with Crippen LogP contribution < -0.4 is 5.32 Å². The van der Waals surface area contributed by atoms with Crippen LogP contribution in [0.15, 0.2) is 24.3 Å². The Kier molecular flexibility index (Phi) is 5.83. The molecule has 2 rings (SSSR count). The molecule has 0 spiro atoms. The maximum absolute atomic E-state index is 5.47. The average molecular weight is 262 g/mol. The molecular formula is C16H26N2O. The van der Waals surface area contributed by atoms with E-state index < -0.39 is 0 Å². The Morgan fingerprint density at radius 1 is 1.32 bits per heavy atom. The van der Waals surface area contributed by atoms with Gasteiger partial charge >= 0.3 is 0 Å². The molecule has 0 radical (unpaired) electrons. The van der Waals surface area contributed by atoms with Gasteiger partial charge in [-0.1, -0.05) is 31.2 Å². The first kappa shape index (κ1) is 14.5. The van der Waals surface area contributed by atoms with Crippen LogP contribution in [0.3, 0.4) is 0 Å². The number of rotatable bonds is 7. The van der Waals surface area contributed by atoms with Crippen molar-refractivity contribution in [3.8, 4) is 0 Å². The minimum Gasteiger partial charge on any atom is -0.380 e. The molecular weight excluding hydrogens is 236 g/mol. The second-order valence-corrected chi connectivity index (χ2v) is 5.12. The lowest BCUT2D eigenvalue weighted by atomic mass is 9.90. The zero-order chi connectivity index (χ0) is 13.5. The third kappa shape index (κ3) is 4.03. The van der Waals surface area contributed by atoms with Gasteiger partial charge in [-0.25, -0.2) is 0 Å². The van der Waals surface area contributed by atoms with Crippen LogP contribution in [0.4, 0.5) is 0 Å². The van der Waals surface area contributed by atoms with E-state index in [1.807, 2.05) is 0 Å². The molecule has 106 valence electrons. The Labute approximate surface area is 116 Å². The van der Waals surface area contributed by atoms with Crippen molar-refractivity contribution in [2.24, 2.45) is 0 Å². The van der Waals surface area contributed by atoms with Gasteiger partial charge in [-0.2, -0.15) is 0 Å². The van der Waals surface area contributed by atoms with Crippen LogP contribution in [0, 0.1) is 0 Å². The van der Waals surface area contributed by atoms with Crippen LogP contribution in [-0.4, -0.2) is 44.3 Å². The van der Waals surface area contributed by atoms with Gasteiger partial charge in [0.05, 0.1) is 6.61 Å². The molecule has 0 aliphatic carbocycles. The molecule has 1 unspecified atom stereocenters. The molecule has 1 atom stereocenters. The van der Waals surface area contributed by atoms with Crippen molar-refractivity contribution in [2.75, 3.05) is 39.4 Å².